The van der Waals surface area contributed by atoms with Crippen molar-refractivity contribution in [3.05, 3.63) is 46.3 Å². The van der Waals surface area contributed by atoms with Crippen LogP contribution in [0.2, 0.25) is 0 Å². The third-order valence-electron chi connectivity index (χ3n) is 4.94. The Hall–Kier alpha value is -1.90. The van der Waals surface area contributed by atoms with E-state index in [0.717, 1.165) is 22.5 Å². The minimum absolute atomic E-state index is 0.0132. The highest BCUT2D eigenvalue weighted by Gasteiger charge is 2.43. The Labute approximate surface area is 170 Å². The summed E-state index contributed by atoms with van der Waals surface area (Å²) in [5, 5.41) is 14.5. The van der Waals surface area contributed by atoms with E-state index in [0.29, 0.717) is 24.1 Å². The van der Waals surface area contributed by atoms with Crippen LogP contribution in [0, 0.1) is 0 Å². The van der Waals surface area contributed by atoms with E-state index in [9.17, 15) is 18.3 Å². The molecule has 1 saturated carbocycles. The van der Waals surface area contributed by atoms with Crippen molar-refractivity contribution in [2.24, 2.45) is 0 Å². The standard InChI is InChI=1S/C20H26N2O4S2/c1-12(2)15-6-5-7-16(13(3)4)18(15)21-19(23)22-28(25,26)17-10-14(11-27-17)20(24)8-9-20/h5-7,10-13,24H,8-9H2,1-4H3,(H2,21,22,23). The number of para-hydroxylation sites is 1. The molecule has 3 rings (SSSR count). The van der Waals surface area contributed by atoms with Crippen molar-refractivity contribution < 1.29 is 18.3 Å². The lowest BCUT2D eigenvalue weighted by Crippen LogP contribution is -2.34. The summed E-state index contributed by atoms with van der Waals surface area (Å²) < 4.78 is 27.3. The molecule has 1 aromatic heterocycles. The first kappa shape index (κ1) is 20.8. The second-order valence-electron chi connectivity index (χ2n) is 7.87. The summed E-state index contributed by atoms with van der Waals surface area (Å²) >= 11 is 0.997. The van der Waals surface area contributed by atoms with Gasteiger partial charge in [0.1, 0.15) is 4.21 Å². The molecule has 0 atom stereocenters. The number of hydrogen-bond donors (Lipinski definition) is 3. The maximum Gasteiger partial charge on any atom is 0.333 e. The number of nitrogens with one attached hydrogen (secondary N) is 2. The van der Waals surface area contributed by atoms with E-state index in [4.69, 9.17) is 0 Å². The van der Waals surface area contributed by atoms with Crippen LogP contribution in [-0.4, -0.2) is 19.6 Å². The van der Waals surface area contributed by atoms with Gasteiger partial charge in [0.2, 0.25) is 0 Å². The van der Waals surface area contributed by atoms with Gasteiger partial charge in [-0.3, -0.25) is 0 Å². The predicted octanol–water partition coefficient (Wildman–Crippen LogP) is 4.49. The van der Waals surface area contributed by atoms with Crippen molar-refractivity contribution in [1.29, 1.82) is 0 Å². The molecule has 2 aromatic rings. The van der Waals surface area contributed by atoms with Gasteiger partial charge in [-0.2, -0.15) is 0 Å². The summed E-state index contributed by atoms with van der Waals surface area (Å²) in [5.74, 6) is 0.342. The normalized spacial score (nSPS) is 15.7. The van der Waals surface area contributed by atoms with Gasteiger partial charge >= 0.3 is 6.03 Å². The van der Waals surface area contributed by atoms with Crippen molar-refractivity contribution in [3.8, 4) is 0 Å². The predicted molar refractivity (Wildman–Crippen MR) is 111 cm³/mol. The first-order valence-corrected chi connectivity index (χ1v) is 11.7. The van der Waals surface area contributed by atoms with Gasteiger partial charge in [-0.15, -0.1) is 11.3 Å². The fourth-order valence-electron chi connectivity index (χ4n) is 3.12. The Bertz CT molecular complexity index is 963. The number of benzene rings is 1. The number of carbonyl (C=O) groups is 1. The van der Waals surface area contributed by atoms with E-state index in [1.807, 2.05) is 45.9 Å². The third-order valence-corrected chi connectivity index (χ3v) is 7.71. The highest BCUT2D eigenvalue weighted by Crippen LogP contribution is 2.47. The van der Waals surface area contributed by atoms with Gasteiger partial charge < -0.3 is 10.4 Å². The van der Waals surface area contributed by atoms with Crippen LogP contribution in [0.3, 0.4) is 0 Å². The zero-order chi connectivity index (χ0) is 20.7. The lowest BCUT2D eigenvalue weighted by atomic mass is 9.93. The minimum atomic E-state index is -4.01. The molecule has 2 amide bonds. The molecule has 6 nitrogen and oxygen atoms in total. The highest BCUT2D eigenvalue weighted by molar-refractivity contribution is 7.92. The number of carbonyl (C=O) groups excluding carboxylic acids is 1. The summed E-state index contributed by atoms with van der Waals surface area (Å²) in [4.78, 5) is 12.5. The number of amides is 2. The molecular weight excluding hydrogens is 396 g/mol. The van der Waals surface area contributed by atoms with Crippen LogP contribution in [0.5, 0.6) is 0 Å². The Kier molecular flexibility index (Phi) is 5.58. The number of hydrogen-bond acceptors (Lipinski definition) is 5. The first-order valence-electron chi connectivity index (χ1n) is 9.31. The van der Waals surface area contributed by atoms with Crippen LogP contribution in [0.25, 0.3) is 0 Å². The largest absolute Gasteiger partial charge is 0.385 e. The second kappa shape index (κ2) is 7.50. The molecule has 0 spiro atoms. The Morgan fingerprint density at radius 2 is 1.71 bits per heavy atom. The fraction of sp³-hybridized carbons (Fsp3) is 0.450. The third kappa shape index (κ3) is 4.24. The fourth-order valence-corrected chi connectivity index (χ4v) is 5.29. The Balaban J connectivity index is 1.81. The number of thiophene rings is 1. The van der Waals surface area contributed by atoms with Crippen molar-refractivity contribution in [3.63, 3.8) is 0 Å². The summed E-state index contributed by atoms with van der Waals surface area (Å²) in [5.41, 5.74) is 2.24. The van der Waals surface area contributed by atoms with Gasteiger partial charge in [-0.05, 0) is 52.8 Å². The van der Waals surface area contributed by atoms with Gasteiger partial charge in [0.15, 0.2) is 0 Å². The van der Waals surface area contributed by atoms with Crippen molar-refractivity contribution in [1.82, 2.24) is 4.72 Å². The summed E-state index contributed by atoms with van der Waals surface area (Å²) in [6.45, 7) is 8.09. The maximum absolute atomic E-state index is 12.6. The van der Waals surface area contributed by atoms with E-state index in [-0.39, 0.29) is 16.0 Å². The quantitative estimate of drug-likeness (QED) is 0.639. The van der Waals surface area contributed by atoms with E-state index in [1.54, 1.807) is 5.38 Å². The molecule has 8 heteroatoms. The van der Waals surface area contributed by atoms with Crippen LogP contribution in [-0.2, 0) is 15.6 Å². The van der Waals surface area contributed by atoms with E-state index in [2.05, 4.69) is 10.0 Å². The molecular formula is C20H26N2O4S2. The van der Waals surface area contributed by atoms with Crippen molar-refractivity contribution in [2.75, 3.05) is 5.32 Å². The highest BCUT2D eigenvalue weighted by atomic mass is 32.2. The average Bonchev–Trinajstić information content (AvgIpc) is 3.14. The van der Waals surface area contributed by atoms with Crippen LogP contribution < -0.4 is 10.0 Å². The molecule has 1 aliphatic rings. The van der Waals surface area contributed by atoms with Crippen molar-refractivity contribution in [2.45, 2.75) is 62.2 Å². The van der Waals surface area contributed by atoms with E-state index < -0.39 is 21.7 Å². The monoisotopic (exact) mass is 422 g/mol. The van der Waals surface area contributed by atoms with Crippen LogP contribution in [0.4, 0.5) is 10.5 Å². The molecule has 1 aromatic carbocycles. The van der Waals surface area contributed by atoms with E-state index in [1.165, 1.54) is 6.07 Å². The van der Waals surface area contributed by atoms with E-state index >= 15 is 0 Å². The number of urea groups is 1. The maximum atomic E-state index is 12.6. The number of anilines is 1. The number of aliphatic hydroxyl groups is 1. The number of sulfonamides is 1. The van der Waals surface area contributed by atoms with Gasteiger partial charge in [-0.1, -0.05) is 45.9 Å². The number of rotatable bonds is 6. The molecule has 0 aliphatic heterocycles. The molecule has 152 valence electrons. The molecule has 1 fully saturated rings. The Morgan fingerprint density at radius 1 is 1.14 bits per heavy atom. The molecule has 0 saturated heterocycles. The first-order chi connectivity index (χ1) is 13.0. The topological polar surface area (TPSA) is 95.5 Å². The zero-order valence-electron chi connectivity index (χ0n) is 16.4. The SMILES string of the molecule is CC(C)c1cccc(C(C)C)c1NC(=O)NS(=O)(=O)c1cc(C2(O)CC2)cs1. The summed E-state index contributed by atoms with van der Waals surface area (Å²) in [6.07, 6.45) is 1.25. The van der Waals surface area contributed by atoms with Gasteiger partial charge in [0, 0.05) is 5.69 Å². The second-order valence-corrected chi connectivity index (χ2v) is 10.7. The minimum Gasteiger partial charge on any atom is -0.385 e. The molecule has 1 heterocycles. The molecule has 3 N–H and O–H groups in total. The lowest BCUT2D eigenvalue weighted by Gasteiger charge is -2.20. The molecule has 0 bridgehead atoms. The van der Waals surface area contributed by atoms with Gasteiger partial charge in [0.05, 0.1) is 5.60 Å². The zero-order valence-corrected chi connectivity index (χ0v) is 18.1. The smallest absolute Gasteiger partial charge is 0.333 e. The Morgan fingerprint density at radius 3 is 2.21 bits per heavy atom. The van der Waals surface area contributed by atoms with Gasteiger partial charge in [0.25, 0.3) is 10.0 Å². The van der Waals surface area contributed by atoms with Crippen LogP contribution in [0.15, 0.2) is 33.9 Å². The summed E-state index contributed by atoms with van der Waals surface area (Å²) in [6, 6.07) is 6.45. The molecule has 28 heavy (non-hydrogen) atoms. The molecule has 1 aliphatic carbocycles. The molecule has 0 radical (unpaired) electrons. The average molecular weight is 423 g/mol. The lowest BCUT2D eigenvalue weighted by molar-refractivity contribution is 0.152. The van der Waals surface area contributed by atoms with Crippen molar-refractivity contribution >= 4 is 33.1 Å². The molecule has 0 unspecified atom stereocenters. The van der Waals surface area contributed by atoms with Crippen LogP contribution in [0.1, 0.15) is 69.1 Å². The summed E-state index contributed by atoms with van der Waals surface area (Å²) in [7, 11) is -4.01. The van der Waals surface area contributed by atoms with Crippen LogP contribution >= 0.6 is 11.3 Å². The van der Waals surface area contributed by atoms with Gasteiger partial charge in [-0.25, -0.2) is 17.9 Å².